The van der Waals surface area contributed by atoms with E-state index in [9.17, 15) is 18.5 Å². The maximum absolute atomic E-state index is 12.9. The monoisotopic (exact) mass is 431 g/mol. The predicted octanol–water partition coefficient (Wildman–Crippen LogP) is 3.27. The van der Waals surface area contributed by atoms with Crippen LogP contribution in [0.5, 0.6) is 0 Å². The van der Waals surface area contributed by atoms with E-state index in [-0.39, 0.29) is 35.4 Å². The summed E-state index contributed by atoms with van der Waals surface area (Å²) in [5, 5.41) is 9.83. The Morgan fingerprint density at radius 2 is 1.90 bits per heavy atom. The zero-order chi connectivity index (χ0) is 21.0. The molecule has 0 saturated carbocycles. The highest BCUT2D eigenvalue weighted by Gasteiger charge is 2.34. The highest BCUT2D eigenvalue weighted by Crippen LogP contribution is 2.27. The Bertz CT molecular complexity index is 1040. The number of amides is 1. The number of carbonyl (C=O) groups is 1. The number of carbonyl (C=O) groups excluding carboxylic acids is 1. The first-order chi connectivity index (χ1) is 13.8. The fraction of sp³-hybridized carbons (Fsp3) is 0.333. The van der Waals surface area contributed by atoms with Gasteiger partial charge in [0, 0.05) is 37.6 Å². The quantitative estimate of drug-likeness (QED) is 0.727. The Morgan fingerprint density at radius 1 is 1.21 bits per heavy atom. The smallest absolute Gasteiger partial charge is 0.244 e. The Kier molecular flexibility index (Phi) is 6.58. The van der Waals surface area contributed by atoms with E-state index in [1.165, 1.54) is 16.4 Å². The lowest BCUT2D eigenvalue weighted by Crippen LogP contribution is -2.43. The van der Waals surface area contributed by atoms with E-state index in [2.05, 4.69) is 0 Å². The highest BCUT2D eigenvalue weighted by molar-refractivity contribution is 7.89. The summed E-state index contributed by atoms with van der Waals surface area (Å²) in [6, 6.07) is 15.5. The van der Waals surface area contributed by atoms with Gasteiger partial charge in [0.25, 0.3) is 0 Å². The average Bonchev–Trinajstić information content (AvgIpc) is 2.73. The van der Waals surface area contributed by atoms with Crippen molar-refractivity contribution in [1.82, 2.24) is 9.21 Å². The van der Waals surface area contributed by atoms with Gasteiger partial charge in [0.05, 0.1) is 10.5 Å². The van der Waals surface area contributed by atoms with Crippen LogP contribution < -0.4 is 0 Å². The van der Waals surface area contributed by atoms with E-state index in [1.54, 1.807) is 30.1 Å². The Hall–Kier alpha value is -2.40. The second kappa shape index (κ2) is 8.95. The normalized spacial score (nSPS) is 15.6. The molecule has 2 aromatic carbocycles. The zero-order valence-corrected chi connectivity index (χ0v) is 17.7. The molecule has 0 aliphatic carbocycles. The Labute approximate surface area is 176 Å². The van der Waals surface area contributed by atoms with Crippen LogP contribution in [0, 0.1) is 17.2 Å². The van der Waals surface area contributed by atoms with Gasteiger partial charge in [0.2, 0.25) is 15.9 Å². The number of piperidine rings is 1. The number of nitriles is 1. The van der Waals surface area contributed by atoms with E-state index < -0.39 is 10.0 Å². The molecule has 6 nitrogen and oxygen atoms in total. The van der Waals surface area contributed by atoms with Crippen LogP contribution in [0.15, 0.2) is 53.4 Å². The van der Waals surface area contributed by atoms with E-state index in [1.807, 2.05) is 24.3 Å². The molecular formula is C21H22ClN3O3S. The first-order valence-corrected chi connectivity index (χ1v) is 11.1. The lowest BCUT2D eigenvalue weighted by atomic mass is 9.96. The molecule has 1 heterocycles. The summed E-state index contributed by atoms with van der Waals surface area (Å²) in [6.07, 6.45) is 0.902. The molecule has 0 spiro atoms. The lowest BCUT2D eigenvalue weighted by molar-refractivity contribution is -0.135. The molecule has 1 aliphatic rings. The van der Waals surface area contributed by atoms with Gasteiger partial charge in [0.15, 0.2) is 0 Å². The van der Waals surface area contributed by atoms with E-state index in [0.717, 1.165) is 5.56 Å². The Morgan fingerprint density at radius 3 is 2.55 bits per heavy atom. The van der Waals surface area contributed by atoms with Crippen molar-refractivity contribution in [1.29, 1.82) is 5.26 Å². The summed E-state index contributed by atoms with van der Waals surface area (Å²) >= 11 is 6.00. The molecule has 2 aromatic rings. The van der Waals surface area contributed by atoms with E-state index in [4.69, 9.17) is 11.6 Å². The first kappa shape index (κ1) is 21.3. The van der Waals surface area contributed by atoms with Gasteiger partial charge in [0.1, 0.15) is 6.07 Å². The molecule has 3 rings (SSSR count). The van der Waals surface area contributed by atoms with Crippen LogP contribution in [0.3, 0.4) is 0 Å². The summed E-state index contributed by atoms with van der Waals surface area (Å²) < 4.78 is 27.2. The van der Waals surface area contributed by atoms with Gasteiger partial charge in [-0.2, -0.15) is 9.57 Å². The molecule has 1 fully saturated rings. The maximum atomic E-state index is 12.9. The molecule has 1 aliphatic heterocycles. The Balaban J connectivity index is 1.64. The van der Waals surface area contributed by atoms with E-state index in [0.29, 0.717) is 24.4 Å². The highest BCUT2D eigenvalue weighted by atomic mass is 35.5. The minimum absolute atomic E-state index is 0.000511. The number of sulfonamides is 1. The van der Waals surface area contributed by atoms with Crippen molar-refractivity contribution in [2.75, 3.05) is 20.1 Å². The molecule has 0 N–H and O–H groups in total. The number of rotatable bonds is 5. The zero-order valence-electron chi connectivity index (χ0n) is 16.1. The number of halogens is 1. The number of hydrogen-bond acceptors (Lipinski definition) is 4. The largest absolute Gasteiger partial charge is 0.341 e. The third-order valence-electron chi connectivity index (χ3n) is 5.11. The van der Waals surface area contributed by atoms with Crippen LogP contribution in [0.1, 0.15) is 24.0 Å². The summed E-state index contributed by atoms with van der Waals surface area (Å²) in [5.74, 6) is -0.226. The number of nitrogens with zero attached hydrogens (tertiary/aromatic N) is 3. The van der Waals surface area contributed by atoms with Crippen LogP contribution in [0.4, 0.5) is 0 Å². The third-order valence-corrected chi connectivity index (χ3v) is 7.31. The first-order valence-electron chi connectivity index (χ1n) is 9.31. The fourth-order valence-corrected chi connectivity index (χ4v) is 5.39. The molecule has 0 atom stereocenters. The summed E-state index contributed by atoms with van der Waals surface area (Å²) in [7, 11) is -2.01. The minimum atomic E-state index is -3.76. The van der Waals surface area contributed by atoms with Crippen molar-refractivity contribution in [2.45, 2.75) is 24.3 Å². The third kappa shape index (κ3) is 4.78. The summed E-state index contributed by atoms with van der Waals surface area (Å²) in [4.78, 5) is 14.5. The van der Waals surface area contributed by atoms with Crippen molar-refractivity contribution in [3.8, 4) is 6.07 Å². The van der Waals surface area contributed by atoms with Gasteiger partial charge in [-0.15, -0.1) is 0 Å². The van der Waals surface area contributed by atoms with Gasteiger partial charge >= 0.3 is 0 Å². The SMILES string of the molecule is CN(Cc1cccc(Cl)c1)C(=O)C1CCN(S(=O)(=O)c2ccccc2C#N)CC1. The molecule has 0 aromatic heterocycles. The molecule has 152 valence electrons. The van der Waals surface area contributed by atoms with Crippen molar-refractivity contribution in [2.24, 2.45) is 5.92 Å². The van der Waals surface area contributed by atoms with Gasteiger partial charge in [-0.3, -0.25) is 4.79 Å². The van der Waals surface area contributed by atoms with Gasteiger partial charge in [-0.1, -0.05) is 35.9 Å². The van der Waals surface area contributed by atoms with Gasteiger partial charge < -0.3 is 4.90 Å². The van der Waals surface area contributed by atoms with Gasteiger partial charge in [-0.25, -0.2) is 8.42 Å². The lowest BCUT2D eigenvalue weighted by Gasteiger charge is -2.32. The minimum Gasteiger partial charge on any atom is -0.341 e. The predicted molar refractivity (Wildman–Crippen MR) is 111 cm³/mol. The van der Waals surface area contributed by atoms with Crippen LogP contribution in [0.2, 0.25) is 5.02 Å². The van der Waals surface area contributed by atoms with Gasteiger partial charge in [-0.05, 0) is 42.7 Å². The maximum Gasteiger partial charge on any atom is 0.244 e. The van der Waals surface area contributed by atoms with Crippen molar-refractivity contribution >= 4 is 27.5 Å². The molecule has 8 heteroatoms. The van der Waals surface area contributed by atoms with Crippen molar-refractivity contribution in [3.05, 3.63) is 64.7 Å². The average molecular weight is 432 g/mol. The van der Waals surface area contributed by atoms with E-state index >= 15 is 0 Å². The summed E-state index contributed by atoms with van der Waals surface area (Å²) in [5.41, 5.74) is 1.08. The number of hydrogen-bond donors (Lipinski definition) is 0. The molecule has 0 radical (unpaired) electrons. The number of benzene rings is 2. The van der Waals surface area contributed by atoms with Crippen molar-refractivity contribution < 1.29 is 13.2 Å². The van der Waals surface area contributed by atoms with Crippen LogP contribution in [-0.4, -0.2) is 43.7 Å². The van der Waals surface area contributed by atoms with Crippen LogP contribution in [-0.2, 0) is 21.4 Å². The standard InChI is InChI=1S/C21H22ClN3O3S/c1-24(15-16-5-4-7-19(22)13-16)21(26)17-9-11-25(12-10-17)29(27,28)20-8-3-2-6-18(20)14-23/h2-8,13,17H,9-12,15H2,1H3. The van der Waals surface area contributed by atoms with Crippen molar-refractivity contribution in [3.63, 3.8) is 0 Å². The second-order valence-electron chi connectivity index (χ2n) is 7.11. The topological polar surface area (TPSA) is 81.5 Å². The molecule has 0 bridgehead atoms. The van der Waals surface area contributed by atoms with Crippen LogP contribution in [0.25, 0.3) is 0 Å². The second-order valence-corrected chi connectivity index (χ2v) is 9.45. The molecule has 0 unspecified atom stereocenters. The fourth-order valence-electron chi connectivity index (χ4n) is 3.56. The molecule has 1 saturated heterocycles. The molecule has 29 heavy (non-hydrogen) atoms. The summed E-state index contributed by atoms with van der Waals surface area (Å²) in [6.45, 7) is 0.959. The van der Waals surface area contributed by atoms with Crippen LogP contribution >= 0.6 is 11.6 Å². The molecular weight excluding hydrogens is 410 g/mol. The molecule has 1 amide bonds.